The molecule has 0 heterocycles. The summed E-state index contributed by atoms with van der Waals surface area (Å²) in [6.07, 6.45) is -0.639. The van der Waals surface area contributed by atoms with Gasteiger partial charge in [-0.15, -0.1) is 0 Å². The number of aliphatic hydroxyl groups is 1. The Balaban J connectivity index is 0.00000264. The Kier molecular flexibility index (Phi) is 7.89. The Hall–Kier alpha value is -1.75. The number of aromatic hydroxyl groups is 1. The molecule has 3 unspecified atom stereocenters. The van der Waals surface area contributed by atoms with E-state index >= 15 is 0 Å². The number of aliphatic hydroxyl groups excluding tert-OH is 1. The minimum Gasteiger partial charge on any atom is -1.00 e. The predicted octanol–water partition coefficient (Wildman–Crippen LogP) is -0.0123. The molecule has 0 amide bonds. The lowest BCUT2D eigenvalue weighted by Crippen LogP contribution is -3.00. The molecule has 0 fully saturated rings. The number of phenolic OH excluding ortho intramolecular Hbond substituents is 1. The fraction of sp³-hybridized carbons (Fsp3) is 0.333. The van der Waals surface area contributed by atoms with Crippen LogP contribution in [0, 0.1) is 0 Å². The lowest BCUT2D eigenvalue weighted by molar-refractivity contribution is -0.00000748. The van der Waals surface area contributed by atoms with Crippen LogP contribution in [0.4, 0.5) is 0 Å². The molecule has 2 rings (SSSR count). The van der Waals surface area contributed by atoms with Gasteiger partial charge in [0.2, 0.25) is 0 Å². The number of hydrogen-bond acceptors (Lipinski definition) is 4. The number of halogens is 1. The molecular weight excluding hydrogens is 314 g/mol. The smallest absolute Gasteiger partial charge is 1.00 e. The SMILES string of the molecule is CC(COc1ccccc1)NC(C)C(O)c1ccc(O)cc1.[Cl-].[H+]. The van der Waals surface area contributed by atoms with E-state index in [-0.39, 0.29) is 31.7 Å². The van der Waals surface area contributed by atoms with Crippen molar-refractivity contribution < 1.29 is 28.8 Å². The fourth-order valence-electron chi connectivity index (χ4n) is 2.29. The Morgan fingerprint density at radius 1 is 1.04 bits per heavy atom. The summed E-state index contributed by atoms with van der Waals surface area (Å²) in [7, 11) is 0. The Morgan fingerprint density at radius 2 is 1.65 bits per heavy atom. The first-order valence-electron chi connectivity index (χ1n) is 7.47. The molecule has 2 aromatic rings. The summed E-state index contributed by atoms with van der Waals surface area (Å²) in [6, 6.07) is 16.2. The first kappa shape index (κ1) is 19.3. The zero-order chi connectivity index (χ0) is 15.9. The van der Waals surface area contributed by atoms with Gasteiger partial charge in [-0.1, -0.05) is 30.3 Å². The van der Waals surface area contributed by atoms with Crippen LogP contribution in [0.1, 0.15) is 26.9 Å². The van der Waals surface area contributed by atoms with Gasteiger partial charge in [0, 0.05) is 12.1 Å². The average Bonchev–Trinajstić information content (AvgIpc) is 2.54. The lowest BCUT2D eigenvalue weighted by atomic mass is 10.0. The predicted molar refractivity (Wildman–Crippen MR) is 88.2 cm³/mol. The van der Waals surface area contributed by atoms with Gasteiger partial charge < -0.3 is 32.7 Å². The van der Waals surface area contributed by atoms with Gasteiger partial charge in [-0.05, 0) is 43.7 Å². The van der Waals surface area contributed by atoms with E-state index in [1.165, 1.54) is 0 Å². The number of hydrogen-bond donors (Lipinski definition) is 3. The summed E-state index contributed by atoms with van der Waals surface area (Å²) in [5.41, 5.74) is 0.772. The molecule has 0 saturated carbocycles. The third-order valence-corrected chi connectivity index (χ3v) is 3.50. The Morgan fingerprint density at radius 3 is 2.26 bits per heavy atom. The van der Waals surface area contributed by atoms with Gasteiger partial charge in [0.25, 0.3) is 0 Å². The van der Waals surface area contributed by atoms with Crippen molar-refractivity contribution >= 4 is 0 Å². The van der Waals surface area contributed by atoms with Crippen LogP contribution in [-0.2, 0) is 0 Å². The molecular formula is C18H24ClNO3. The molecule has 0 aromatic heterocycles. The quantitative estimate of drug-likeness (QED) is 0.665. The molecule has 2 aromatic carbocycles. The molecule has 0 radical (unpaired) electrons. The second-order valence-electron chi connectivity index (χ2n) is 5.52. The van der Waals surface area contributed by atoms with E-state index < -0.39 is 6.10 Å². The summed E-state index contributed by atoms with van der Waals surface area (Å²) in [5, 5.41) is 22.9. The third-order valence-electron chi connectivity index (χ3n) is 3.50. The van der Waals surface area contributed by atoms with Crippen molar-refractivity contribution in [1.82, 2.24) is 5.32 Å². The molecule has 3 N–H and O–H groups in total. The number of benzene rings is 2. The van der Waals surface area contributed by atoms with Crippen LogP contribution < -0.4 is 22.5 Å². The van der Waals surface area contributed by atoms with Gasteiger partial charge in [0.15, 0.2) is 0 Å². The van der Waals surface area contributed by atoms with Crippen molar-refractivity contribution in [3.8, 4) is 11.5 Å². The Labute approximate surface area is 145 Å². The third kappa shape index (κ3) is 6.10. The molecule has 5 heteroatoms. The van der Waals surface area contributed by atoms with Crippen LogP contribution in [0.5, 0.6) is 11.5 Å². The molecule has 126 valence electrons. The summed E-state index contributed by atoms with van der Waals surface area (Å²) >= 11 is 0. The molecule has 0 aliphatic rings. The molecule has 0 saturated heterocycles. The molecule has 0 spiro atoms. The van der Waals surface area contributed by atoms with Crippen LogP contribution in [0.3, 0.4) is 0 Å². The molecule has 4 nitrogen and oxygen atoms in total. The van der Waals surface area contributed by atoms with Crippen molar-refractivity contribution in [2.24, 2.45) is 0 Å². The van der Waals surface area contributed by atoms with Crippen LogP contribution in [0.25, 0.3) is 0 Å². The summed E-state index contributed by atoms with van der Waals surface area (Å²) in [6.45, 7) is 4.47. The van der Waals surface area contributed by atoms with E-state index in [4.69, 9.17) is 4.74 Å². The van der Waals surface area contributed by atoms with Gasteiger partial charge in [0.05, 0.1) is 6.10 Å². The van der Waals surface area contributed by atoms with Crippen LogP contribution >= 0.6 is 0 Å². The number of rotatable bonds is 7. The van der Waals surface area contributed by atoms with Crippen molar-refractivity contribution in [3.63, 3.8) is 0 Å². The minimum atomic E-state index is -0.639. The number of ether oxygens (including phenoxy) is 1. The summed E-state index contributed by atoms with van der Waals surface area (Å²) < 4.78 is 5.69. The fourth-order valence-corrected chi connectivity index (χ4v) is 2.29. The van der Waals surface area contributed by atoms with E-state index in [0.717, 1.165) is 11.3 Å². The highest BCUT2D eigenvalue weighted by Crippen LogP contribution is 2.20. The van der Waals surface area contributed by atoms with Gasteiger partial charge in [-0.25, -0.2) is 0 Å². The maximum atomic E-state index is 10.3. The Bertz CT molecular complexity index is 568. The topological polar surface area (TPSA) is 61.7 Å². The molecule has 0 aliphatic heterocycles. The van der Waals surface area contributed by atoms with Gasteiger partial charge in [-0.2, -0.15) is 0 Å². The molecule has 0 aliphatic carbocycles. The first-order valence-corrected chi connectivity index (χ1v) is 7.47. The first-order chi connectivity index (χ1) is 10.6. The molecule has 23 heavy (non-hydrogen) atoms. The molecule has 0 bridgehead atoms. The largest absolute Gasteiger partial charge is 1.00 e. The minimum absolute atomic E-state index is 0. The van der Waals surface area contributed by atoms with Crippen LogP contribution in [-0.4, -0.2) is 28.9 Å². The number of nitrogens with one attached hydrogen (secondary N) is 1. The number of phenols is 1. The zero-order valence-corrected chi connectivity index (χ0v) is 14.1. The van der Waals surface area contributed by atoms with Crippen LogP contribution in [0.2, 0.25) is 0 Å². The van der Waals surface area contributed by atoms with Crippen molar-refractivity contribution in [1.29, 1.82) is 0 Å². The highest BCUT2D eigenvalue weighted by molar-refractivity contribution is 5.28. The van der Waals surface area contributed by atoms with Gasteiger partial charge in [0.1, 0.15) is 18.1 Å². The van der Waals surface area contributed by atoms with Crippen molar-refractivity contribution in [2.75, 3.05) is 6.61 Å². The monoisotopic (exact) mass is 337 g/mol. The van der Waals surface area contributed by atoms with E-state index in [2.05, 4.69) is 5.32 Å². The van der Waals surface area contributed by atoms with E-state index in [1.807, 2.05) is 44.2 Å². The highest BCUT2D eigenvalue weighted by Gasteiger charge is 2.18. The van der Waals surface area contributed by atoms with E-state index in [1.54, 1.807) is 24.3 Å². The van der Waals surface area contributed by atoms with E-state index in [0.29, 0.717) is 6.61 Å². The summed E-state index contributed by atoms with van der Waals surface area (Å²) in [4.78, 5) is 0. The number of para-hydroxylation sites is 1. The average molecular weight is 338 g/mol. The normalized spacial score (nSPS) is 14.4. The second kappa shape index (κ2) is 9.40. The second-order valence-corrected chi connectivity index (χ2v) is 5.52. The summed E-state index contributed by atoms with van der Waals surface area (Å²) in [5.74, 6) is 1.03. The highest BCUT2D eigenvalue weighted by atomic mass is 35.5. The van der Waals surface area contributed by atoms with Gasteiger partial charge in [-0.3, -0.25) is 0 Å². The van der Waals surface area contributed by atoms with Crippen molar-refractivity contribution in [2.45, 2.75) is 32.0 Å². The lowest BCUT2D eigenvalue weighted by Gasteiger charge is -2.25. The van der Waals surface area contributed by atoms with Crippen LogP contribution in [0.15, 0.2) is 54.6 Å². The maximum Gasteiger partial charge on any atom is 1.00 e. The molecule has 3 atom stereocenters. The van der Waals surface area contributed by atoms with Gasteiger partial charge >= 0.3 is 1.43 Å². The standard InChI is InChI=1S/C18H23NO3.ClH/c1-13(12-22-17-6-4-3-5-7-17)19-14(2)18(21)15-8-10-16(20)11-9-15;/h3-11,13-14,18-21H,12H2,1-2H3;1H. The van der Waals surface area contributed by atoms with Crippen molar-refractivity contribution in [3.05, 3.63) is 60.2 Å². The van der Waals surface area contributed by atoms with E-state index in [9.17, 15) is 10.2 Å². The maximum absolute atomic E-state index is 10.3. The zero-order valence-electron chi connectivity index (χ0n) is 14.3.